The summed E-state index contributed by atoms with van der Waals surface area (Å²) in [5.74, 6) is 0. The molecule has 9 aromatic rings. The zero-order valence-electron chi connectivity index (χ0n) is 31.3. The quantitative estimate of drug-likeness (QED) is 0.159. The summed E-state index contributed by atoms with van der Waals surface area (Å²) in [6, 6.07) is 84.4. The molecule has 1 nitrogen and oxygen atoms in total. The molecule has 2 aliphatic carbocycles. The Morgan fingerprint density at radius 3 is 1.35 bits per heavy atom. The Hall–Kier alpha value is -7.00. The first-order valence-electron chi connectivity index (χ1n) is 19.9. The second-order valence-corrected chi connectivity index (χ2v) is 19.2. The summed E-state index contributed by atoms with van der Waals surface area (Å²) >= 11 is 0. The van der Waals surface area contributed by atoms with Gasteiger partial charge in [0.05, 0.1) is 11.1 Å². The van der Waals surface area contributed by atoms with E-state index in [0.717, 1.165) is 11.4 Å². The zero-order chi connectivity index (χ0) is 37.6. The van der Waals surface area contributed by atoms with Gasteiger partial charge in [-0.15, -0.1) is 0 Å². The van der Waals surface area contributed by atoms with Crippen molar-refractivity contribution in [1.29, 1.82) is 0 Å². The molecule has 0 radical (unpaired) electrons. The monoisotopic (exact) mass is 739 g/mol. The molecule has 57 heavy (non-hydrogen) atoms. The SMILES string of the molecule is c1ccc(N(c2ccc3c(c2)C2(c4ccccc4-c4ccccc42)c2ccccc2-3)c2cccc3c2-c2ccccc2[Si]3(c2ccccc2)c2ccccc2)cc1. The fourth-order valence-electron chi connectivity index (χ4n) is 10.9. The van der Waals surface area contributed by atoms with E-state index >= 15 is 0 Å². The van der Waals surface area contributed by atoms with Gasteiger partial charge in [-0.2, -0.15) is 0 Å². The number of benzene rings is 9. The molecule has 0 fully saturated rings. The second-order valence-electron chi connectivity index (χ2n) is 15.5. The lowest BCUT2D eigenvalue weighted by Gasteiger charge is -2.33. The molecule has 2 heteroatoms. The van der Waals surface area contributed by atoms with Gasteiger partial charge in [0, 0.05) is 16.9 Å². The third kappa shape index (κ3) is 4.23. The lowest BCUT2D eigenvalue weighted by molar-refractivity contribution is 0.793. The second kappa shape index (κ2) is 12.2. The summed E-state index contributed by atoms with van der Waals surface area (Å²) in [5, 5.41) is 5.69. The Morgan fingerprint density at radius 1 is 0.316 bits per heavy atom. The predicted molar refractivity (Wildman–Crippen MR) is 240 cm³/mol. The molecule has 0 N–H and O–H groups in total. The van der Waals surface area contributed by atoms with Crippen LogP contribution in [0.1, 0.15) is 22.3 Å². The van der Waals surface area contributed by atoms with Crippen molar-refractivity contribution in [1.82, 2.24) is 0 Å². The van der Waals surface area contributed by atoms with Crippen LogP contribution in [0.3, 0.4) is 0 Å². The van der Waals surface area contributed by atoms with E-state index in [0.29, 0.717) is 0 Å². The molecular weight excluding hydrogens is 703 g/mol. The molecular formula is C55H37NSi. The fraction of sp³-hybridized carbons (Fsp3) is 0.0182. The van der Waals surface area contributed by atoms with Gasteiger partial charge >= 0.3 is 0 Å². The molecule has 0 saturated heterocycles. The van der Waals surface area contributed by atoms with Crippen molar-refractivity contribution in [3.05, 3.63) is 247 Å². The van der Waals surface area contributed by atoms with Crippen LogP contribution in [-0.4, -0.2) is 8.07 Å². The van der Waals surface area contributed by atoms with Crippen LogP contribution in [0.25, 0.3) is 33.4 Å². The van der Waals surface area contributed by atoms with Crippen molar-refractivity contribution >= 4 is 45.9 Å². The highest BCUT2D eigenvalue weighted by Crippen LogP contribution is 2.63. The number of fused-ring (bicyclic) bond motifs is 13. The minimum absolute atomic E-state index is 0.425. The Labute approximate surface area is 334 Å². The number of hydrogen-bond donors (Lipinski definition) is 0. The first-order valence-corrected chi connectivity index (χ1v) is 21.9. The van der Waals surface area contributed by atoms with Gasteiger partial charge in [0.1, 0.15) is 0 Å². The van der Waals surface area contributed by atoms with Gasteiger partial charge < -0.3 is 4.90 Å². The minimum atomic E-state index is -2.70. The van der Waals surface area contributed by atoms with Gasteiger partial charge in [0.2, 0.25) is 0 Å². The van der Waals surface area contributed by atoms with Gasteiger partial charge in [0.25, 0.3) is 0 Å². The molecule has 0 saturated carbocycles. The molecule has 9 aromatic carbocycles. The minimum Gasteiger partial charge on any atom is -0.310 e. The normalized spacial score (nSPS) is 14.2. The zero-order valence-corrected chi connectivity index (χ0v) is 32.3. The van der Waals surface area contributed by atoms with E-state index in [4.69, 9.17) is 0 Å². The molecule has 0 unspecified atom stereocenters. The van der Waals surface area contributed by atoms with Gasteiger partial charge in [-0.3, -0.25) is 0 Å². The van der Waals surface area contributed by atoms with E-state index in [9.17, 15) is 0 Å². The third-order valence-corrected chi connectivity index (χ3v) is 17.8. The van der Waals surface area contributed by atoms with E-state index < -0.39 is 13.5 Å². The number of nitrogens with zero attached hydrogens (tertiary/aromatic N) is 1. The molecule has 0 atom stereocenters. The third-order valence-electron chi connectivity index (χ3n) is 13.0. The molecule has 1 spiro atoms. The number of rotatable bonds is 5. The summed E-state index contributed by atoms with van der Waals surface area (Å²) < 4.78 is 0. The largest absolute Gasteiger partial charge is 0.310 e. The topological polar surface area (TPSA) is 3.24 Å². The van der Waals surface area contributed by atoms with Crippen LogP contribution in [0.15, 0.2) is 224 Å². The van der Waals surface area contributed by atoms with Crippen molar-refractivity contribution < 1.29 is 0 Å². The Balaban J connectivity index is 1.16. The maximum absolute atomic E-state index is 2.70. The average Bonchev–Trinajstić information content (AvgIpc) is 3.88. The Morgan fingerprint density at radius 2 is 0.772 bits per heavy atom. The number of anilines is 3. The molecule has 0 aromatic heterocycles. The van der Waals surface area contributed by atoms with Crippen molar-refractivity contribution in [2.45, 2.75) is 5.41 Å². The lowest BCUT2D eigenvalue weighted by Crippen LogP contribution is -2.72. The van der Waals surface area contributed by atoms with Crippen LogP contribution in [0.5, 0.6) is 0 Å². The molecule has 0 amide bonds. The first-order chi connectivity index (χ1) is 28.3. The van der Waals surface area contributed by atoms with E-state index in [1.165, 1.54) is 82.1 Å². The van der Waals surface area contributed by atoms with Crippen molar-refractivity contribution in [2.24, 2.45) is 0 Å². The van der Waals surface area contributed by atoms with Crippen LogP contribution in [0.4, 0.5) is 17.1 Å². The van der Waals surface area contributed by atoms with Crippen LogP contribution >= 0.6 is 0 Å². The van der Waals surface area contributed by atoms with E-state index in [2.05, 4.69) is 229 Å². The van der Waals surface area contributed by atoms with Crippen LogP contribution < -0.4 is 25.6 Å². The van der Waals surface area contributed by atoms with E-state index in [1.807, 2.05) is 0 Å². The van der Waals surface area contributed by atoms with Crippen molar-refractivity contribution in [3.8, 4) is 33.4 Å². The average molecular weight is 740 g/mol. The first kappa shape index (κ1) is 32.3. The van der Waals surface area contributed by atoms with Crippen molar-refractivity contribution in [3.63, 3.8) is 0 Å². The predicted octanol–water partition coefficient (Wildman–Crippen LogP) is 10.9. The van der Waals surface area contributed by atoms with Gasteiger partial charge in [0.15, 0.2) is 8.07 Å². The molecule has 12 rings (SSSR count). The van der Waals surface area contributed by atoms with Gasteiger partial charge in [-0.25, -0.2) is 0 Å². The Kier molecular flexibility index (Phi) is 6.93. The maximum Gasteiger partial charge on any atom is 0.180 e. The van der Waals surface area contributed by atoms with Gasteiger partial charge in [-0.05, 0) is 101 Å². The van der Waals surface area contributed by atoms with Crippen molar-refractivity contribution in [2.75, 3.05) is 4.90 Å². The van der Waals surface area contributed by atoms with E-state index in [1.54, 1.807) is 0 Å². The molecule has 1 aliphatic heterocycles. The number of hydrogen-bond acceptors (Lipinski definition) is 1. The summed E-state index contributed by atoms with van der Waals surface area (Å²) in [7, 11) is -2.70. The highest BCUT2D eigenvalue weighted by atomic mass is 28.3. The van der Waals surface area contributed by atoms with Crippen LogP contribution in [-0.2, 0) is 5.41 Å². The smallest absolute Gasteiger partial charge is 0.180 e. The molecule has 0 bridgehead atoms. The highest BCUT2D eigenvalue weighted by molar-refractivity contribution is 7.22. The molecule has 3 aliphatic rings. The van der Waals surface area contributed by atoms with Crippen LogP contribution in [0.2, 0.25) is 0 Å². The summed E-state index contributed by atoms with van der Waals surface area (Å²) in [6.45, 7) is 0. The maximum atomic E-state index is 2.53. The molecule has 266 valence electrons. The Bertz CT molecular complexity index is 2920. The molecule has 1 heterocycles. The fourth-order valence-corrected chi connectivity index (χ4v) is 16.1. The lowest BCUT2D eigenvalue weighted by atomic mass is 9.70. The summed E-state index contributed by atoms with van der Waals surface area (Å²) in [4.78, 5) is 2.53. The van der Waals surface area contributed by atoms with E-state index in [-0.39, 0.29) is 0 Å². The summed E-state index contributed by atoms with van der Waals surface area (Å²) in [6.07, 6.45) is 0. The summed E-state index contributed by atoms with van der Waals surface area (Å²) in [5.41, 5.74) is 16.4. The van der Waals surface area contributed by atoms with Crippen LogP contribution in [0, 0.1) is 0 Å². The number of para-hydroxylation sites is 1. The highest BCUT2D eigenvalue weighted by Gasteiger charge is 2.52. The van der Waals surface area contributed by atoms with Gasteiger partial charge in [-0.1, -0.05) is 194 Å². The standard InChI is InChI=1S/C55H37NSi/c1-4-19-38(20-5-1)56(51-32-18-34-53-54(51)46-28-13-17-33-52(46)57(53,40-21-6-2-7-22-40)41-23-8-3-9-24-41)39-35-36-45-44-27-12-16-31-49(44)55(50(45)37-39)47-29-14-10-25-42(47)43-26-11-15-30-48(43)55/h1-37H.